The number of nitrogens with zero attached hydrogens (tertiary/aromatic N) is 2. The number of nitrogens with one attached hydrogen (secondary N) is 1. The van der Waals surface area contributed by atoms with E-state index in [0.717, 1.165) is 16.7 Å². The van der Waals surface area contributed by atoms with Crippen molar-refractivity contribution in [1.29, 1.82) is 0 Å². The Bertz CT molecular complexity index is 920. The van der Waals surface area contributed by atoms with Crippen molar-refractivity contribution in [3.8, 4) is 11.5 Å². The van der Waals surface area contributed by atoms with E-state index in [4.69, 9.17) is 4.42 Å². The summed E-state index contributed by atoms with van der Waals surface area (Å²) in [6, 6.07) is 17.2. The Morgan fingerprint density at radius 3 is 2.44 bits per heavy atom. The van der Waals surface area contributed by atoms with E-state index >= 15 is 0 Å². The molecule has 2 aromatic carbocycles. The fourth-order valence-electron chi connectivity index (χ4n) is 2.28. The molecular formula is C18H19N3O3S. The first-order chi connectivity index (χ1) is 12.0. The van der Waals surface area contributed by atoms with Gasteiger partial charge in [0.15, 0.2) is 0 Å². The molecule has 1 N–H and O–H groups in total. The summed E-state index contributed by atoms with van der Waals surface area (Å²) in [4.78, 5) is 0. The minimum atomic E-state index is -3.42. The second-order valence-electron chi connectivity index (χ2n) is 5.74. The van der Waals surface area contributed by atoms with E-state index in [-0.39, 0.29) is 18.2 Å². The fourth-order valence-corrected chi connectivity index (χ4v) is 3.27. The van der Waals surface area contributed by atoms with Gasteiger partial charge in [0.05, 0.1) is 12.3 Å². The first kappa shape index (κ1) is 17.3. The van der Waals surface area contributed by atoms with Crippen LogP contribution in [0.4, 0.5) is 0 Å². The molecule has 0 aliphatic rings. The summed E-state index contributed by atoms with van der Waals surface area (Å²) < 4.78 is 32.2. The van der Waals surface area contributed by atoms with Crippen molar-refractivity contribution in [2.75, 3.05) is 5.75 Å². The van der Waals surface area contributed by atoms with Gasteiger partial charge in [-0.1, -0.05) is 48.0 Å². The van der Waals surface area contributed by atoms with Gasteiger partial charge in [-0.15, -0.1) is 10.2 Å². The van der Waals surface area contributed by atoms with Crippen LogP contribution in [0.3, 0.4) is 0 Å². The first-order valence-corrected chi connectivity index (χ1v) is 9.58. The van der Waals surface area contributed by atoms with Crippen molar-refractivity contribution in [3.05, 3.63) is 71.6 Å². The van der Waals surface area contributed by atoms with Crippen LogP contribution in [0, 0.1) is 6.92 Å². The van der Waals surface area contributed by atoms with Gasteiger partial charge in [0.1, 0.15) is 0 Å². The van der Waals surface area contributed by atoms with E-state index in [1.807, 2.05) is 61.5 Å². The standard InChI is InChI=1S/C18H19N3O3S/c1-14-7-9-16(10-8-14)18-21-20-17(24-18)13-19-25(22,23)12-11-15-5-3-2-4-6-15/h2-10,19H,11-13H2,1H3. The van der Waals surface area contributed by atoms with E-state index in [9.17, 15) is 8.42 Å². The molecule has 25 heavy (non-hydrogen) atoms. The van der Waals surface area contributed by atoms with Gasteiger partial charge >= 0.3 is 0 Å². The largest absolute Gasteiger partial charge is 0.419 e. The van der Waals surface area contributed by atoms with Gasteiger partial charge < -0.3 is 4.42 Å². The van der Waals surface area contributed by atoms with E-state index in [0.29, 0.717) is 12.3 Å². The Morgan fingerprint density at radius 1 is 1.00 bits per heavy atom. The number of sulfonamides is 1. The predicted molar refractivity (Wildman–Crippen MR) is 95.2 cm³/mol. The van der Waals surface area contributed by atoms with E-state index in [1.165, 1.54) is 0 Å². The molecule has 0 saturated heterocycles. The zero-order valence-electron chi connectivity index (χ0n) is 13.8. The molecule has 0 amide bonds. The zero-order chi connectivity index (χ0) is 17.7. The van der Waals surface area contributed by atoms with Gasteiger partial charge in [0.2, 0.25) is 21.8 Å². The number of rotatable bonds is 7. The second kappa shape index (κ2) is 7.58. The maximum atomic E-state index is 12.1. The highest BCUT2D eigenvalue weighted by Crippen LogP contribution is 2.18. The van der Waals surface area contributed by atoms with Crippen LogP contribution in [0.2, 0.25) is 0 Å². The lowest BCUT2D eigenvalue weighted by molar-refractivity contribution is 0.494. The third-order valence-electron chi connectivity index (χ3n) is 3.71. The maximum absolute atomic E-state index is 12.1. The van der Waals surface area contributed by atoms with Crippen molar-refractivity contribution in [2.24, 2.45) is 0 Å². The van der Waals surface area contributed by atoms with Crippen LogP contribution < -0.4 is 4.72 Å². The average molecular weight is 357 g/mol. The molecule has 0 aliphatic carbocycles. The molecule has 0 unspecified atom stereocenters. The van der Waals surface area contributed by atoms with Crippen LogP contribution in [-0.2, 0) is 23.0 Å². The summed E-state index contributed by atoms with van der Waals surface area (Å²) in [5.41, 5.74) is 2.92. The molecule has 0 spiro atoms. The van der Waals surface area contributed by atoms with Gasteiger partial charge in [0.25, 0.3) is 0 Å². The summed E-state index contributed by atoms with van der Waals surface area (Å²) in [6.45, 7) is 1.98. The van der Waals surface area contributed by atoms with Crippen molar-refractivity contribution in [2.45, 2.75) is 19.9 Å². The quantitative estimate of drug-likeness (QED) is 0.703. The molecule has 0 bridgehead atoms. The molecular weight excluding hydrogens is 338 g/mol. The Kier molecular flexibility index (Phi) is 5.25. The van der Waals surface area contributed by atoms with E-state index < -0.39 is 10.0 Å². The zero-order valence-corrected chi connectivity index (χ0v) is 14.7. The Morgan fingerprint density at radius 2 is 1.72 bits per heavy atom. The summed E-state index contributed by atoms with van der Waals surface area (Å²) in [6.07, 6.45) is 0.453. The molecule has 0 fully saturated rings. The molecule has 1 heterocycles. The molecule has 3 rings (SSSR count). The van der Waals surface area contributed by atoms with Crippen molar-refractivity contribution < 1.29 is 12.8 Å². The maximum Gasteiger partial charge on any atom is 0.247 e. The van der Waals surface area contributed by atoms with Crippen molar-refractivity contribution in [1.82, 2.24) is 14.9 Å². The third-order valence-corrected chi connectivity index (χ3v) is 5.04. The normalized spacial score (nSPS) is 11.6. The lowest BCUT2D eigenvalue weighted by atomic mass is 10.1. The van der Waals surface area contributed by atoms with Gasteiger partial charge in [-0.3, -0.25) is 0 Å². The summed E-state index contributed by atoms with van der Waals surface area (Å²) in [5.74, 6) is 0.619. The minimum Gasteiger partial charge on any atom is -0.419 e. The van der Waals surface area contributed by atoms with E-state index in [1.54, 1.807) is 0 Å². The van der Waals surface area contributed by atoms with Crippen LogP contribution in [0.15, 0.2) is 59.0 Å². The Labute approximate surface area is 147 Å². The molecule has 0 aliphatic heterocycles. The summed E-state index contributed by atoms with van der Waals surface area (Å²) in [7, 11) is -3.42. The van der Waals surface area contributed by atoms with Gasteiger partial charge in [-0.2, -0.15) is 0 Å². The number of hydrogen-bond donors (Lipinski definition) is 1. The highest BCUT2D eigenvalue weighted by atomic mass is 32.2. The fraction of sp³-hybridized carbons (Fsp3) is 0.222. The molecule has 0 atom stereocenters. The molecule has 7 heteroatoms. The molecule has 6 nitrogen and oxygen atoms in total. The summed E-state index contributed by atoms with van der Waals surface area (Å²) >= 11 is 0. The van der Waals surface area contributed by atoms with Crippen LogP contribution in [0.1, 0.15) is 17.0 Å². The second-order valence-corrected chi connectivity index (χ2v) is 7.67. The predicted octanol–water partition coefficient (Wildman–Crippen LogP) is 2.71. The molecule has 0 saturated carbocycles. The smallest absolute Gasteiger partial charge is 0.247 e. The molecule has 1 aromatic heterocycles. The molecule has 0 radical (unpaired) electrons. The van der Waals surface area contributed by atoms with Gasteiger partial charge in [-0.05, 0) is 31.0 Å². The van der Waals surface area contributed by atoms with Crippen LogP contribution in [0.25, 0.3) is 11.5 Å². The summed E-state index contributed by atoms with van der Waals surface area (Å²) in [5, 5.41) is 7.85. The third kappa shape index (κ3) is 4.98. The topological polar surface area (TPSA) is 85.1 Å². The van der Waals surface area contributed by atoms with Crippen molar-refractivity contribution >= 4 is 10.0 Å². The average Bonchev–Trinajstić information content (AvgIpc) is 3.09. The van der Waals surface area contributed by atoms with Gasteiger partial charge in [0, 0.05) is 5.56 Å². The first-order valence-electron chi connectivity index (χ1n) is 7.92. The number of benzene rings is 2. The van der Waals surface area contributed by atoms with Crippen LogP contribution >= 0.6 is 0 Å². The lowest BCUT2D eigenvalue weighted by Gasteiger charge is -2.04. The molecule has 3 aromatic rings. The SMILES string of the molecule is Cc1ccc(-c2nnc(CNS(=O)(=O)CCc3ccccc3)o2)cc1. The van der Waals surface area contributed by atoms with Crippen LogP contribution in [-0.4, -0.2) is 24.4 Å². The highest BCUT2D eigenvalue weighted by molar-refractivity contribution is 7.89. The minimum absolute atomic E-state index is 0.00989. The number of aromatic nitrogens is 2. The Hall–Kier alpha value is -2.51. The highest BCUT2D eigenvalue weighted by Gasteiger charge is 2.14. The van der Waals surface area contributed by atoms with Gasteiger partial charge in [-0.25, -0.2) is 13.1 Å². The Balaban J connectivity index is 1.57. The van der Waals surface area contributed by atoms with Crippen LogP contribution in [0.5, 0.6) is 0 Å². The lowest BCUT2D eigenvalue weighted by Crippen LogP contribution is -2.27. The monoisotopic (exact) mass is 357 g/mol. The van der Waals surface area contributed by atoms with Crippen molar-refractivity contribution in [3.63, 3.8) is 0 Å². The molecule has 130 valence electrons. The van der Waals surface area contributed by atoms with E-state index in [2.05, 4.69) is 14.9 Å². The number of aryl methyl sites for hydroxylation is 2. The number of hydrogen-bond acceptors (Lipinski definition) is 5.